The summed E-state index contributed by atoms with van der Waals surface area (Å²) in [7, 11) is -2.63. The molecule has 0 radical (unpaired) electrons. The summed E-state index contributed by atoms with van der Waals surface area (Å²) in [6.07, 6.45) is 0. The topological polar surface area (TPSA) is 0 Å². The predicted molar refractivity (Wildman–Crippen MR) is 234 cm³/mol. The number of hydrogen-bond acceptors (Lipinski definition) is 0. The molecule has 10 rings (SSSR count). The summed E-state index contributed by atoms with van der Waals surface area (Å²) in [6.45, 7) is 0. The van der Waals surface area contributed by atoms with Gasteiger partial charge >= 0.3 is 318 Å². The molecule has 8 aromatic carbocycles. The summed E-state index contributed by atoms with van der Waals surface area (Å²) in [4.78, 5) is 0. The minimum absolute atomic E-state index is 1.42. The van der Waals surface area contributed by atoms with Crippen LogP contribution >= 0.6 is 39.6 Å². The third-order valence-corrected chi connectivity index (χ3v) is 27.3. The molecule has 8 aromatic rings. The van der Waals surface area contributed by atoms with Crippen molar-refractivity contribution >= 4 is 68.5 Å². The summed E-state index contributed by atoms with van der Waals surface area (Å²) < 4.78 is 9.34. The van der Waals surface area contributed by atoms with Gasteiger partial charge in [-0.2, -0.15) is 0 Å². The standard InChI is InChI=1S/C48H34I2Si/c1-4-18-37(19-5-1)51(38-20-6-2-7-21-38,39-22-8-3-9-23-39)40-24-16-17-35(33-40)49-47-30-15-12-27-43(47)44-34-36(31-32-48(44)49)50-45-28-13-10-25-41(45)42-26-11-14-29-46(42)50/h1-34H. The molecule has 51 heavy (non-hydrogen) atoms. The van der Waals surface area contributed by atoms with Crippen LogP contribution in [0.3, 0.4) is 0 Å². The predicted octanol–water partition coefficient (Wildman–Crippen LogP) is 9.86. The molecular weight excluding hydrogens is 858 g/mol. The Morgan fingerprint density at radius 1 is 0.255 bits per heavy atom. The van der Waals surface area contributed by atoms with Gasteiger partial charge in [-0.15, -0.1) is 0 Å². The molecule has 2 heterocycles. The van der Waals surface area contributed by atoms with E-state index in [-0.39, 0.29) is 0 Å². The van der Waals surface area contributed by atoms with Crippen LogP contribution in [-0.4, -0.2) is 8.07 Å². The molecule has 244 valence electrons. The van der Waals surface area contributed by atoms with Gasteiger partial charge in [0.05, 0.1) is 0 Å². The summed E-state index contributed by atoms with van der Waals surface area (Å²) in [6, 6.07) is 79.1. The molecule has 2 aliphatic heterocycles. The molecule has 0 spiro atoms. The van der Waals surface area contributed by atoms with E-state index >= 15 is 0 Å². The first-order valence-corrected chi connectivity index (χ1v) is 25.9. The van der Waals surface area contributed by atoms with E-state index in [4.69, 9.17) is 0 Å². The van der Waals surface area contributed by atoms with Crippen LogP contribution in [0.1, 0.15) is 0 Å². The van der Waals surface area contributed by atoms with E-state index < -0.39 is 47.7 Å². The molecule has 2 aliphatic rings. The zero-order valence-corrected chi connectivity index (χ0v) is 33.2. The van der Waals surface area contributed by atoms with Crippen molar-refractivity contribution in [2.24, 2.45) is 0 Å². The first-order valence-electron chi connectivity index (χ1n) is 17.4. The Bertz CT molecular complexity index is 2400. The first-order chi connectivity index (χ1) is 25.3. The van der Waals surface area contributed by atoms with E-state index in [0.717, 1.165) is 0 Å². The molecule has 0 aromatic heterocycles. The number of fused-ring (bicyclic) bond motifs is 6. The quantitative estimate of drug-likeness (QED) is 0.0887. The van der Waals surface area contributed by atoms with Gasteiger partial charge in [-0.3, -0.25) is 0 Å². The van der Waals surface area contributed by atoms with E-state index in [1.807, 2.05) is 0 Å². The van der Waals surface area contributed by atoms with Crippen molar-refractivity contribution in [1.82, 2.24) is 0 Å². The zero-order chi connectivity index (χ0) is 33.8. The van der Waals surface area contributed by atoms with Crippen LogP contribution in [0.5, 0.6) is 0 Å². The van der Waals surface area contributed by atoms with Crippen molar-refractivity contribution in [2.45, 2.75) is 0 Å². The Kier molecular flexibility index (Phi) is 7.88. The molecule has 0 fully saturated rings. The van der Waals surface area contributed by atoms with Crippen LogP contribution in [0, 0.1) is 21.4 Å². The molecule has 0 unspecified atom stereocenters. The van der Waals surface area contributed by atoms with Crippen LogP contribution in [0.15, 0.2) is 206 Å². The number of hydrogen-bond donors (Lipinski definition) is 0. The second-order valence-corrected chi connectivity index (χ2v) is 27.2. The fraction of sp³-hybridized carbons (Fsp3) is 0. The zero-order valence-electron chi connectivity index (χ0n) is 27.9. The van der Waals surface area contributed by atoms with Gasteiger partial charge in [0, 0.05) is 0 Å². The van der Waals surface area contributed by atoms with Gasteiger partial charge in [0.25, 0.3) is 0 Å². The Morgan fingerprint density at radius 3 is 1.12 bits per heavy atom. The van der Waals surface area contributed by atoms with Crippen LogP contribution in [0.4, 0.5) is 0 Å². The van der Waals surface area contributed by atoms with Crippen molar-refractivity contribution in [3.8, 4) is 22.3 Å². The molecule has 0 nitrogen and oxygen atoms in total. The third-order valence-electron chi connectivity index (χ3n) is 10.3. The molecular formula is C48H34I2Si. The maximum absolute atomic E-state index is 2.63. The average Bonchev–Trinajstić information content (AvgIpc) is 3.72. The van der Waals surface area contributed by atoms with E-state index in [1.54, 1.807) is 17.9 Å². The Labute approximate surface area is 315 Å². The van der Waals surface area contributed by atoms with Crippen LogP contribution < -0.4 is 20.7 Å². The van der Waals surface area contributed by atoms with Gasteiger partial charge in [0.1, 0.15) is 0 Å². The van der Waals surface area contributed by atoms with E-state index in [2.05, 4.69) is 206 Å². The van der Waals surface area contributed by atoms with Gasteiger partial charge in [0.2, 0.25) is 0 Å². The second-order valence-electron chi connectivity index (χ2n) is 13.0. The van der Waals surface area contributed by atoms with E-state index in [9.17, 15) is 0 Å². The SMILES string of the molecule is c1ccc([Si](c2ccccc2)(c2ccccc2)c2cccc(I3c4ccccc4-c4cc(I5c6ccccc6-c6ccccc65)ccc43)c2)cc1. The number of rotatable bonds is 6. The van der Waals surface area contributed by atoms with E-state index in [1.165, 1.54) is 46.6 Å². The van der Waals surface area contributed by atoms with Gasteiger partial charge in [-0.25, -0.2) is 0 Å². The van der Waals surface area contributed by atoms with E-state index in [0.29, 0.717) is 0 Å². The summed E-state index contributed by atoms with van der Waals surface area (Å²) >= 11 is -3.84. The van der Waals surface area contributed by atoms with Gasteiger partial charge in [0.15, 0.2) is 0 Å². The van der Waals surface area contributed by atoms with Crippen molar-refractivity contribution < 1.29 is 0 Å². The molecule has 0 aliphatic carbocycles. The second kappa shape index (κ2) is 12.9. The summed E-state index contributed by atoms with van der Waals surface area (Å²) in [5.41, 5.74) is 5.79. The number of halogens is 2. The average molecular weight is 893 g/mol. The molecule has 0 atom stereocenters. The van der Waals surface area contributed by atoms with Crippen molar-refractivity contribution in [2.75, 3.05) is 0 Å². The minimum atomic E-state index is -2.63. The molecule has 0 saturated carbocycles. The van der Waals surface area contributed by atoms with Crippen LogP contribution in [0.25, 0.3) is 22.3 Å². The van der Waals surface area contributed by atoms with Crippen molar-refractivity contribution in [1.29, 1.82) is 0 Å². The summed E-state index contributed by atoms with van der Waals surface area (Å²) in [5.74, 6) is 0. The normalized spacial score (nSPS) is 14.0. The monoisotopic (exact) mass is 892 g/mol. The molecule has 0 N–H and O–H groups in total. The third kappa shape index (κ3) is 4.96. The van der Waals surface area contributed by atoms with Crippen molar-refractivity contribution in [3.63, 3.8) is 0 Å². The Hall–Kier alpha value is -4.56. The first kappa shape index (κ1) is 31.2. The summed E-state index contributed by atoms with van der Waals surface area (Å²) in [5, 5.41) is 5.71. The molecule has 0 saturated heterocycles. The van der Waals surface area contributed by atoms with Crippen molar-refractivity contribution in [3.05, 3.63) is 228 Å². The maximum atomic E-state index is 2.63. The van der Waals surface area contributed by atoms with Gasteiger partial charge in [-0.1, -0.05) is 0 Å². The van der Waals surface area contributed by atoms with Gasteiger partial charge < -0.3 is 0 Å². The Morgan fingerprint density at radius 2 is 0.627 bits per heavy atom. The fourth-order valence-electron chi connectivity index (χ4n) is 8.11. The van der Waals surface area contributed by atoms with Crippen LogP contribution in [0.2, 0.25) is 0 Å². The van der Waals surface area contributed by atoms with Gasteiger partial charge in [-0.05, 0) is 0 Å². The number of benzene rings is 8. The molecule has 0 bridgehead atoms. The molecule has 0 amide bonds. The van der Waals surface area contributed by atoms with Crippen LogP contribution in [-0.2, 0) is 0 Å². The Balaban J connectivity index is 1.16. The fourth-order valence-corrected chi connectivity index (χ4v) is 25.9. The molecule has 3 heteroatoms.